The maximum Gasteiger partial charge on any atom is 0.0554 e. The third-order valence-corrected chi connectivity index (χ3v) is 2.19. The summed E-state index contributed by atoms with van der Waals surface area (Å²) in [5, 5.41) is 3.36. The summed E-state index contributed by atoms with van der Waals surface area (Å²) in [7, 11) is 0. The van der Waals surface area contributed by atoms with Crippen LogP contribution in [0.25, 0.3) is 0 Å². The second-order valence-corrected chi connectivity index (χ2v) is 4.03. The van der Waals surface area contributed by atoms with Gasteiger partial charge in [0.1, 0.15) is 0 Å². The number of ether oxygens (including phenoxy) is 1. The molecule has 0 aromatic carbocycles. The molecule has 1 aliphatic rings. The molecule has 0 bridgehead atoms. The summed E-state index contributed by atoms with van der Waals surface area (Å²) in [5.41, 5.74) is 0.426. The Morgan fingerprint density at radius 3 is 2.70 bits per heavy atom. The second kappa shape index (κ2) is 3.60. The minimum atomic E-state index is 0.426. The standard InChI is InChI=1S/C7H15NOS/c1-7(4-9-5-7)3-8-6-10-2/h8H,3-6H2,1-2H3. The van der Waals surface area contributed by atoms with E-state index < -0.39 is 0 Å². The second-order valence-electron chi connectivity index (χ2n) is 3.16. The summed E-state index contributed by atoms with van der Waals surface area (Å²) < 4.78 is 5.12. The number of hydrogen-bond acceptors (Lipinski definition) is 3. The fourth-order valence-corrected chi connectivity index (χ4v) is 1.31. The summed E-state index contributed by atoms with van der Waals surface area (Å²) in [6.45, 7) is 5.19. The van der Waals surface area contributed by atoms with Gasteiger partial charge in [0.25, 0.3) is 0 Å². The lowest BCUT2D eigenvalue weighted by Gasteiger charge is -2.38. The maximum absolute atomic E-state index is 5.12. The first-order valence-electron chi connectivity index (χ1n) is 3.54. The van der Waals surface area contributed by atoms with Crippen molar-refractivity contribution in [3.8, 4) is 0 Å². The predicted molar refractivity (Wildman–Crippen MR) is 45.3 cm³/mol. The fraction of sp³-hybridized carbons (Fsp3) is 1.00. The SMILES string of the molecule is CSCNCC1(C)COC1. The van der Waals surface area contributed by atoms with Crippen LogP contribution in [0, 0.1) is 5.41 Å². The lowest BCUT2D eigenvalue weighted by Crippen LogP contribution is -2.47. The van der Waals surface area contributed by atoms with Crippen molar-refractivity contribution < 1.29 is 4.74 Å². The van der Waals surface area contributed by atoms with E-state index in [1.54, 1.807) is 0 Å². The molecule has 0 saturated carbocycles. The first kappa shape index (κ1) is 8.37. The zero-order chi connectivity index (χ0) is 7.45. The van der Waals surface area contributed by atoms with E-state index in [0.29, 0.717) is 5.41 Å². The molecule has 0 amide bonds. The van der Waals surface area contributed by atoms with Gasteiger partial charge >= 0.3 is 0 Å². The van der Waals surface area contributed by atoms with Gasteiger partial charge in [-0.15, -0.1) is 11.8 Å². The van der Waals surface area contributed by atoms with Gasteiger partial charge < -0.3 is 10.1 Å². The van der Waals surface area contributed by atoms with Crippen LogP contribution in [0.5, 0.6) is 0 Å². The Kier molecular flexibility index (Phi) is 3.01. The molecule has 2 nitrogen and oxygen atoms in total. The highest BCUT2D eigenvalue weighted by Gasteiger charge is 2.32. The Hall–Kier alpha value is 0.270. The summed E-state index contributed by atoms with van der Waals surface area (Å²) >= 11 is 1.82. The summed E-state index contributed by atoms with van der Waals surface area (Å²) in [4.78, 5) is 0. The zero-order valence-corrected chi connectivity index (χ0v) is 7.46. The van der Waals surface area contributed by atoms with Crippen molar-refractivity contribution in [2.75, 3.05) is 31.9 Å². The van der Waals surface area contributed by atoms with Crippen molar-refractivity contribution in [3.05, 3.63) is 0 Å². The van der Waals surface area contributed by atoms with Crippen molar-refractivity contribution in [1.29, 1.82) is 0 Å². The summed E-state index contributed by atoms with van der Waals surface area (Å²) in [5.74, 6) is 1.05. The van der Waals surface area contributed by atoms with Gasteiger partial charge in [-0.2, -0.15) is 0 Å². The topological polar surface area (TPSA) is 21.3 Å². The van der Waals surface area contributed by atoms with Crippen molar-refractivity contribution in [2.45, 2.75) is 6.92 Å². The molecule has 0 aromatic heterocycles. The van der Waals surface area contributed by atoms with Crippen LogP contribution in [0.3, 0.4) is 0 Å². The van der Waals surface area contributed by atoms with E-state index in [1.165, 1.54) is 0 Å². The first-order valence-corrected chi connectivity index (χ1v) is 4.94. The molecule has 0 atom stereocenters. The minimum absolute atomic E-state index is 0.426. The van der Waals surface area contributed by atoms with Gasteiger partial charge in [-0.3, -0.25) is 0 Å². The fourth-order valence-electron chi connectivity index (χ4n) is 1.01. The smallest absolute Gasteiger partial charge is 0.0554 e. The number of nitrogens with one attached hydrogen (secondary N) is 1. The average Bonchev–Trinajstić information content (AvgIpc) is 1.85. The molecular formula is C7H15NOS. The van der Waals surface area contributed by atoms with Crippen molar-refractivity contribution in [2.24, 2.45) is 5.41 Å². The summed E-state index contributed by atoms with van der Waals surface area (Å²) in [6, 6.07) is 0. The third kappa shape index (κ3) is 2.15. The Balaban J connectivity index is 2.01. The van der Waals surface area contributed by atoms with E-state index in [-0.39, 0.29) is 0 Å². The molecule has 0 aliphatic carbocycles. The van der Waals surface area contributed by atoms with Crippen LogP contribution in [0.4, 0.5) is 0 Å². The monoisotopic (exact) mass is 161 g/mol. The molecule has 10 heavy (non-hydrogen) atoms. The number of thioether (sulfide) groups is 1. The van der Waals surface area contributed by atoms with E-state index >= 15 is 0 Å². The van der Waals surface area contributed by atoms with Gasteiger partial charge in [-0.05, 0) is 6.26 Å². The molecule has 1 fully saturated rings. The van der Waals surface area contributed by atoms with E-state index in [0.717, 1.165) is 25.6 Å². The lowest BCUT2D eigenvalue weighted by molar-refractivity contribution is -0.0983. The predicted octanol–water partition coefficient (Wildman–Crippen LogP) is 0.933. The normalized spacial score (nSPS) is 22.2. The van der Waals surface area contributed by atoms with Crippen LogP contribution in [-0.2, 0) is 4.74 Å². The lowest BCUT2D eigenvalue weighted by atomic mass is 9.89. The van der Waals surface area contributed by atoms with E-state index in [9.17, 15) is 0 Å². The highest BCUT2D eigenvalue weighted by Crippen LogP contribution is 2.24. The first-order chi connectivity index (χ1) is 4.77. The van der Waals surface area contributed by atoms with Crippen LogP contribution in [0.15, 0.2) is 0 Å². The highest BCUT2D eigenvalue weighted by atomic mass is 32.2. The Labute approximate surface area is 66.7 Å². The van der Waals surface area contributed by atoms with E-state index in [2.05, 4.69) is 18.5 Å². The molecule has 0 aromatic rings. The minimum Gasteiger partial charge on any atom is -0.380 e. The van der Waals surface area contributed by atoms with Crippen molar-refractivity contribution in [1.82, 2.24) is 5.32 Å². The summed E-state index contributed by atoms with van der Waals surface area (Å²) in [6.07, 6.45) is 2.10. The average molecular weight is 161 g/mol. The molecule has 0 unspecified atom stereocenters. The van der Waals surface area contributed by atoms with Gasteiger partial charge in [-0.1, -0.05) is 6.92 Å². The van der Waals surface area contributed by atoms with Gasteiger partial charge in [0.05, 0.1) is 13.2 Å². The Bertz CT molecular complexity index is 104. The van der Waals surface area contributed by atoms with Crippen LogP contribution in [0.2, 0.25) is 0 Å². The molecular weight excluding hydrogens is 146 g/mol. The van der Waals surface area contributed by atoms with Gasteiger partial charge in [-0.25, -0.2) is 0 Å². The van der Waals surface area contributed by atoms with E-state index in [1.807, 2.05) is 11.8 Å². The van der Waals surface area contributed by atoms with Crippen molar-refractivity contribution >= 4 is 11.8 Å². The van der Waals surface area contributed by atoms with Crippen LogP contribution in [0.1, 0.15) is 6.92 Å². The van der Waals surface area contributed by atoms with Crippen LogP contribution >= 0.6 is 11.8 Å². The highest BCUT2D eigenvalue weighted by molar-refractivity contribution is 7.98. The number of hydrogen-bond donors (Lipinski definition) is 1. The zero-order valence-electron chi connectivity index (χ0n) is 6.64. The van der Waals surface area contributed by atoms with Crippen LogP contribution < -0.4 is 5.32 Å². The quantitative estimate of drug-likeness (QED) is 0.489. The van der Waals surface area contributed by atoms with Crippen LogP contribution in [-0.4, -0.2) is 31.9 Å². The maximum atomic E-state index is 5.12. The molecule has 1 aliphatic heterocycles. The molecule has 60 valence electrons. The largest absolute Gasteiger partial charge is 0.380 e. The Morgan fingerprint density at radius 2 is 2.30 bits per heavy atom. The molecule has 1 heterocycles. The Morgan fingerprint density at radius 1 is 1.60 bits per heavy atom. The molecule has 0 radical (unpaired) electrons. The van der Waals surface area contributed by atoms with Gasteiger partial charge in [0.2, 0.25) is 0 Å². The van der Waals surface area contributed by atoms with E-state index in [4.69, 9.17) is 4.74 Å². The van der Waals surface area contributed by atoms with Gasteiger partial charge in [0, 0.05) is 17.8 Å². The molecule has 1 rings (SSSR count). The molecule has 3 heteroatoms. The van der Waals surface area contributed by atoms with Crippen molar-refractivity contribution in [3.63, 3.8) is 0 Å². The number of rotatable bonds is 4. The molecule has 1 saturated heterocycles. The van der Waals surface area contributed by atoms with Gasteiger partial charge in [0.15, 0.2) is 0 Å². The molecule has 1 N–H and O–H groups in total. The third-order valence-electron chi connectivity index (χ3n) is 1.70. The molecule has 0 spiro atoms.